The van der Waals surface area contributed by atoms with E-state index in [1.807, 2.05) is 55.5 Å². The molecule has 2 aromatic carbocycles. The lowest BCUT2D eigenvalue weighted by molar-refractivity contribution is -0.115. The quantitative estimate of drug-likeness (QED) is 0.380. The van der Waals surface area contributed by atoms with Gasteiger partial charge in [-0.2, -0.15) is 0 Å². The average Bonchev–Trinajstić information content (AvgIpc) is 3.12. The molecule has 1 atom stereocenters. The summed E-state index contributed by atoms with van der Waals surface area (Å²) < 4.78 is 7.15. The molecule has 3 N–H and O–H groups in total. The number of hydrogen-bond donors (Lipinski definition) is 2. The highest BCUT2D eigenvalue weighted by Gasteiger charge is 2.20. The summed E-state index contributed by atoms with van der Waals surface area (Å²) in [6, 6.07) is 15.8. The summed E-state index contributed by atoms with van der Waals surface area (Å²) in [5.74, 6) is 7.69. The van der Waals surface area contributed by atoms with Crippen molar-refractivity contribution >= 4 is 23.4 Å². The smallest absolute Gasteiger partial charge is 0.237 e. The Morgan fingerprint density at radius 3 is 2.39 bits per heavy atom. The molecule has 8 heteroatoms. The number of ether oxygens (including phenoxy) is 1. The Bertz CT molecular complexity index is 1000. The number of nitrogen functional groups attached to an aromatic ring is 1. The Hall–Kier alpha value is -3.00. The molecule has 0 aliphatic carbocycles. The molecule has 0 saturated heterocycles. The first-order valence-electron chi connectivity index (χ1n) is 10.4. The zero-order chi connectivity index (χ0) is 22.4. The molecule has 1 unspecified atom stereocenters. The van der Waals surface area contributed by atoms with E-state index in [0.29, 0.717) is 16.9 Å². The molecule has 1 amide bonds. The molecule has 0 fully saturated rings. The fourth-order valence-electron chi connectivity index (χ4n) is 2.86. The second-order valence-corrected chi connectivity index (χ2v) is 8.89. The van der Waals surface area contributed by atoms with Gasteiger partial charge in [0.05, 0.1) is 5.25 Å². The molecule has 7 nitrogen and oxygen atoms in total. The number of anilines is 1. The van der Waals surface area contributed by atoms with Gasteiger partial charge in [-0.15, -0.1) is 10.2 Å². The van der Waals surface area contributed by atoms with Crippen molar-refractivity contribution in [1.29, 1.82) is 0 Å². The van der Waals surface area contributed by atoms with Gasteiger partial charge in [-0.3, -0.25) is 4.79 Å². The fraction of sp³-hybridized carbons (Fsp3) is 0.348. The monoisotopic (exact) mass is 439 g/mol. The number of nitrogens with one attached hydrogen (secondary N) is 1. The highest BCUT2D eigenvalue weighted by molar-refractivity contribution is 8.00. The maximum atomic E-state index is 12.5. The number of aromatic nitrogens is 3. The Kier molecular flexibility index (Phi) is 7.57. The third kappa shape index (κ3) is 6.01. The minimum absolute atomic E-state index is 0.125. The van der Waals surface area contributed by atoms with Crippen LogP contribution < -0.4 is 15.9 Å². The van der Waals surface area contributed by atoms with Gasteiger partial charge in [0.1, 0.15) is 12.4 Å². The van der Waals surface area contributed by atoms with Crippen LogP contribution in [0.5, 0.6) is 5.75 Å². The molecule has 0 aliphatic heterocycles. The van der Waals surface area contributed by atoms with Crippen molar-refractivity contribution in [2.75, 3.05) is 11.2 Å². The summed E-state index contributed by atoms with van der Waals surface area (Å²) in [5, 5.41) is 11.2. The molecule has 0 aliphatic rings. The maximum absolute atomic E-state index is 12.5. The van der Waals surface area contributed by atoms with E-state index in [-0.39, 0.29) is 12.5 Å². The molecule has 3 aromatic rings. The van der Waals surface area contributed by atoms with Gasteiger partial charge >= 0.3 is 0 Å². The van der Waals surface area contributed by atoms with Crippen molar-refractivity contribution in [3.05, 3.63) is 65.5 Å². The highest BCUT2D eigenvalue weighted by Crippen LogP contribution is 2.23. The first kappa shape index (κ1) is 22.7. The van der Waals surface area contributed by atoms with Crippen molar-refractivity contribution in [3.63, 3.8) is 0 Å². The zero-order valence-electron chi connectivity index (χ0n) is 18.3. The number of hydrogen-bond acceptors (Lipinski definition) is 6. The third-order valence-electron chi connectivity index (χ3n) is 4.93. The predicted octanol–water partition coefficient (Wildman–Crippen LogP) is 4.38. The minimum Gasteiger partial charge on any atom is -0.486 e. The molecular formula is C23H29N5O2S. The first-order chi connectivity index (χ1) is 14.9. The number of aryl methyl sites for hydroxylation is 1. The van der Waals surface area contributed by atoms with E-state index in [1.54, 1.807) is 0 Å². The van der Waals surface area contributed by atoms with Crippen LogP contribution >= 0.6 is 11.8 Å². The molecule has 0 bridgehead atoms. The van der Waals surface area contributed by atoms with Crippen molar-refractivity contribution in [1.82, 2.24) is 14.9 Å². The Morgan fingerprint density at radius 1 is 1.10 bits per heavy atom. The molecule has 1 aromatic heterocycles. The van der Waals surface area contributed by atoms with E-state index in [0.717, 1.165) is 17.9 Å². The lowest BCUT2D eigenvalue weighted by atomic mass is 10.0. The van der Waals surface area contributed by atoms with E-state index >= 15 is 0 Å². The van der Waals surface area contributed by atoms with E-state index in [9.17, 15) is 4.79 Å². The van der Waals surface area contributed by atoms with Gasteiger partial charge in [0.2, 0.25) is 11.1 Å². The normalized spacial score (nSPS) is 12.0. The lowest BCUT2D eigenvalue weighted by Crippen LogP contribution is -2.24. The summed E-state index contributed by atoms with van der Waals surface area (Å²) in [4.78, 5) is 12.5. The molecule has 31 heavy (non-hydrogen) atoms. The van der Waals surface area contributed by atoms with Crippen molar-refractivity contribution in [2.24, 2.45) is 0 Å². The Balaban J connectivity index is 1.55. The minimum atomic E-state index is -0.394. The number of thioether (sulfide) groups is 1. The second kappa shape index (κ2) is 10.3. The van der Waals surface area contributed by atoms with Crippen molar-refractivity contribution in [2.45, 2.75) is 57.0 Å². The SMILES string of the molecule is CCc1ccc(NC(=O)C(C)Sc2nnc(COc3ccc(C(C)C)cc3)n2N)cc1. The lowest BCUT2D eigenvalue weighted by Gasteiger charge is -2.12. The first-order valence-corrected chi connectivity index (χ1v) is 11.2. The number of nitrogens with zero attached hydrogens (tertiary/aromatic N) is 3. The molecule has 0 spiro atoms. The fourth-order valence-corrected chi connectivity index (χ4v) is 3.65. The third-order valence-corrected chi connectivity index (χ3v) is 5.99. The molecule has 3 rings (SSSR count). The Morgan fingerprint density at radius 2 is 1.77 bits per heavy atom. The van der Waals surface area contributed by atoms with Gasteiger partial charge in [0, 0.05) is 5.69 Å². The van der Waals surface area contributed by atoms with Gasteiger partial charge in [0.15, 0.2) is 5.82 Å². The molecule has 0 saturated carbocycles. The maximum Gasteiger partial charge on any atom is 0.237 e. The van der Waals surface area contributed by atoms with Crippen LogP contribution in [0.25, 0.3) is 0 Å². The van der Waals surface area contributed by atoms with Crippen molar-refractivity contribution < 1.29 is 9.53 Å². The van der Waals surface area contributed by atoms with Crippen LogP contribution in [0, 0.1) is 0 Å². The summed E-state index contributed by atoms with van der Waals surface area (Å²) in [7, 11) is 0. The van der Waals surface area contributed by atoms with Crippen LogP contribution in [-0.4, -0.2) is 26.0 Å². The number of carbonyl (C=O) groups is 1. The van der Waals surface area contributed by atoms with Crippen LogP contribution in [0.4, 0.5) is 5.69 Å². The van der Waals surface area contributed by atoms with Crippen LogP contribution in [0.1, 0.15) is 50.6 Å². The summed E-state index contributed by atoms with van der Waals surface area (Å²) >= 11 is 1.25. The number of rotatable bonds is 9. The number of benzene rings is 2. The van der Waals surface area contributed by atoms with E-state index in [4.69, 9.17) is 10.6 Å². The van der Waals surface area contributed by atoms with Crippen LogP contribution in [0.2, 0.25) is 0 Å². The standard InChI is InChI=1S/C23H29N5O2S/c1-5-17-6-10-19(11-7-17)25-22(29)16(4)31-23-27-26-21(28(23)24)14-30-20-12-8-18(9-13-20)15(2)3/h6-13,15-16H,5,14,24H2,1-4H3,(H,25,29). The van der Waals surface area contributed by atoms with Gasteiger partial charge < -0.3 is 15.9 Å². The molecule has 1 heterocycles. The van der Waals surface area contributed by atoms with Crippen LogP contribution in [0.3, 0.4) is 0 Å². The highest BCUT2D eigenvalue weighted by atomic mass is 32.2. The van der Waals surface area contributed by atoms with Crippen LogP contribution in [0.15, 0.2) is 53.7 Å². The van der Waals surface area contributed by atoms with Gasteiger partial charge in [-0.05, 0) is 54.7 Å². The number of amides is 1. The van der Waals surface area contributed by atoms with E-state index in [2.05, 4.69) is 36.3 Å². The molecule has 0 radical (unpaired) electrons. The number of nitrogens with two attached hydrogens (primary N) is 1. The van der Waals surface area contributed by atoms with Gasteiger partial charge in [-0.1, -0.05) is 56.8 Å². The van der Waals surface area contributed by atoms with Crippen molar-refractivity contribution in [3.8, 4) is 5.75 Å². The summed E-state index contributed by atoms with van der Waals surface area (Å²) in [5.41, 5.74) is 3.24. The predicted molar refractivity (Wildman–Crippen MR) is 125 cm³/mol. The van der Waals surface area contributed by atoms with E-state index in [1.165, 1.54) is 27.6 Å². The van der Waals surface area contributed by atoms with Gasteiger partial charge in [-0.25, -0.2) is 4.68 Å². The number of carbonyl (C=O) groups excluding carboxylic acids is 1. The molecule has 164 valence electrons. The summed E-state index contributed by atoms with van der Waals surface area (Å²) in [6.45, 7) is 8.39. The molecular weight excluding hydrogens is 410 g/mol. The Labute approximate surface area is 187 Å². The summed E-state index contributed by atoms with van der Waals surface area (Å²) in [6.07, 6.45) is 0.960. The van der Waals surface area contributed by atoms with Gasteiger partial charge in [0.25, 0.3) is 0 Å². The average molecular weight is 440 g/mol. The second-order valence-electron chi connectivity index (χ2n) is 7.58. The topological polar surface area (TPSA) is 95.1 Å². The van der Waals surface area contributed by atoms with Crippen LogP contribution in [-0.2, 0) is 17.8 Å². The zero-order valence-corrected chi connectivity index (χ0v) is 19.1. The largest absolute Gasteiger partial charge is 0.486 e. The van der Waals surface area contributed by atoms with E-state index < -0.39 is 5.25 Å².